The Hall–Kier alpha value is -2.30. The summed E-state index contributed by atoms with van der Waals surface area (Å²) in [7, 11) is 1.88. The lowest BCUT2D eigenvalue weighted by atomic mass is 10.1. The number of nitrogens with one attached hydrogen (secondary N) is 1. The number of aromatic nitrogens is 4. The van der Waals surface area contributed by atoms with Crippen LogP contribution < -0.4 is 5.73 Å². The molecule has 0 aliphatic carbocycles. The van der Waals surface area contributed by atoms with Gasteiger partial charge in [0.05, 0.1) is 34.9 Å². The summed E-state index contributed by atoms with van der Waals surface area (Å²) < 4.78 is 1.77. The molecule has 3 rings (SSSR count). The van der Waals surface area contributed by atoms with Crippen molar-refractivity contribution in [2.75, 3.05) is 5.73 Å². The molecule has 1 aromatic carbocycles. The van der Waals surface area contributed by atoms with E-state index in [9.17, 15) is 0 Å². The molecule has 0 amide bonds. The first-order valence-electron chi connectivity index (χ1n) is 4.96. The SMILES string of the molecule is Cn1ncc(N)c1-c1ccc2nc[nH]c2c1. The molecular formula is C11H11N5. The van der Waals surface area contributed by atoms with Crippen molar-refractivity contribution in [2.24, 2.45) is 7.05 Å². The Morgan fingerprint density at radius 3 is 3.00 bits per heavy atom. The zero-order valence-electron chi connectivity index (χ0n) is 8.81. The van der Waals surface area contributed by atoms with E-state index in [1.54, 1.807) is 17.2 Å². The van der Waals surface area contributed by atoms with Gasteiger partial charge in [-0.2, -0.15) is 5.10 Å². The molecule has 2 aromatic heterocycles. The summed E-state index contributed by atoms with van der Waals surface area (Å²) in [5.74, 6) is 0. The molecule has 0 atom stereocenters. The number of imidazole rings is 1. The van der Waals surface area contributed by atoms with Crippen LogP contribution in [0.5, 0.6) is 0 Å². The van der Waals surface area contributed by atoms with E-state index in [0.29, 0.717) is 5.69 Å². The van der Waals surface area contributed by atoms with Gasteiger partial charge in [0.2, 0.25) is 0 Å². The van der Waals surface area contributed by atoms with Gasteiger partial charge in [0, 0.05) is 12.6 Å². The van der Waals surface area contributed by atoms with E-state index in [1.807, 2.05) is 25.2 Å². The van der Waals surface area contributed by atoms with Crippen LogP contribution in [0.1, 0.15) is 0 Å². The maximum Gasteiger partial charge on any atom is 0.0931 e. The second kappa shape index (κ2) is 3.10. The normalized spacial score (nSPS) is 11.1. The third-order valence-electron chi connectivity index (χ3n) is 2.66. The number of benzene rings is 1. The van der Waals surface area contributed by atoms with Crippen molar-refractivity contribution in [1.82, 2.24) is 19.7 Å². The Bertz CT molecular complexity index is 630. The Kier molecular flexibility index (Phi) is 1.73. The number of hydrogen-bond acceptors (Lipinski definition) is 3. The zero-order chi connectivity index (χ0) is 11.1. The Balaban J connectivity index is 2.25. The Labute approximate surface area is 91.9 Å². The van der Waals surface area contributed by atoms with Gasteiger partial charge in [-0.05, 0) is 12.1 Å². The van der Waals surface area contributed by atoms with Gasteiger partial charge in [0.1, 0.15) is 0 Å². The number of aryl methyl sites for hydroxylation is 1. The summed E-state index contributed by atoms with van der Waals surface area (Å²) in [5, 5.41) is 4.13. The van der Waals surface area contributed by atoms with E-state index in [1.165, 1.54) is 0 Å². The number of fused-ring (bicyclic) bond motifs is 1. The van der Waals surface area contributed by atoms with Gasteiger partial charge in [-0.15, -0.1) is 0 Å². The molecule has 5 nitrogen and oxygen atoms in total. The molecular weight excluding hydrogens is 202 g/mol. The first-order valence-corrected chi connectivity index (χ1v) is 4.96. The third kappa shape index (κ3) is 1.18. The highest BCUT2D eigenvalue weighted by Crippen LogP contribution is 2.26. The van der Waals surface area contributed by atoms with Crippen LogP contribution in [0, 0.1) is 0 Å². The minimum Gasteiger partial charge on any atom is -0.396 e. The smallest absolute Gasteiger partial charge is 0.0931 e. The van der Waals surface area contributed by atoms with Crippen molar-refractivity contribution >= 4 is 16.7 Å². The minimum absolute atomic E-state index is 0.682. The molecule has 0 aliphatic heterocycles. The van der Waals surface area contributed by atoms with Crippen molar-refractivity contribution in [3.63, 3.8) is 0 Å². The van der Waals surface area contributed by atoms with Crippen LogP contribution in [-0.2, 0) is 7.05 Å². The Morgan fingerprint density at radius 2 is 2.25 bits per heavy atom. The van der Waals surface area contributed by atoms with Crippen LogP contribution in [0.25, 0.3) is 22.3 Å². The quantitative estimate of drug-likeness (QED) is 0.644. The number of nitrogens with zero attached hydrogens (tertiary/aromatic N) is 3. The standard InChI is InChI=1S/C11H11N5/c1-16-11(8(12)5-15-16)7-2-3-9-10(4-7)14-6-13-9/h2-6H,12H2,1H3,(H,13,14). The molecule has 0 spiro atoms. The molecule has 0 fully saturated rings. The van der Waals surface area contributed by atoms with Gasteiger partial charge >= 0.3 is 0 Å². The molecule has 0 aliphatic rings. The van der Waals surface area contributed by atoms with E-state index >= 15 is 0 Å². The summed E-state index contributed by atoms with van der Waals surface area (Å²) in [6.07, 6.45) is 3.34. The van der Waals surface area contributed by atoms with E-state index in [2.05, 4.69) is 15.1 Å². The van der Waals surface area contributed by atoms with Crippen LogP contribution in [0.2, 0.25) is 0 Å². The summed E-state index contributed by atoms with van der Waals surface area (Å²) in [4.78, 5) is 7.26. The van der Waals surface area contributed by atoms with Crippen LogP contribution in [0.4, 0.5) is 5.69 Å². The van der Waals surface area contributed by atoms with Crippen LogP contribution in [-0.4, -0.2) is 19.7 Å². The highest BCUT2D eigenvalue weighted by atomic mass is 15.3. The second-order valence-electron chi connectivity index (χ2n) is 3.71. The van der Waals surface area contributed by atoms with Crippen molar-refractivity contribution in [3.05, 3.63) is 30.7 Å². The van der Waals surface area contributed by atoms with Gasteiger partial charge in [-0.1, -0.05) is 6.07 Å². The van der Waals surface area contributed by atoms with Crippen LogP contribution >= 0.6 is 0 Å². The van der Waals surface area contributed by atoms with Gasteiger partial charge in [0.25, 0.3) is 0 Å². The van der Waals surface area contributed by atoms with E-state index in [0.717, 1.165) is 22.3 Å². The fourth-order valence-corrected chi connectivity index (χ4v) is 1.89. The summed E-state index contributed by atoms with van der Waals surface area (Å²) in [5.41, 5.74) is 10.5. The lowest BCUT2D eigenvalue weighted by molar-refractivity contribution is 0.776. The number of anilines is 1. The van der Waals surface area contributed by atoms with Crippen molar-refractivity contribution < 1.29 is 0 Å². The third-order valence-corrected chi connectivity index (χ3v) is 2.66. The average Bonchev–Trinajstić information content (AvgIpc) is 2.85. The van der Waals surface area contributed by atoms with Crippen LogP contribution in [0.15, 0.2) is 30.7 Å². The minimum atomic E-state index is 0.682. The molecule has 0 saturated heterocycles. The molecule has 16 heavy (non-hydrogen) atoms. The first kappa shape index (κ1) is 8.96. The molecule has 0 saturated carbocycles. The summed E-state index contributed by atoms with van der Waals surface area (Å²) >= 11 is 0. The largest absolute Gasteiger partial charge is 0.396 e. The molecule has 5 heteroatoms. The first-order chi connectivity index (χ1) is 7.75. The molecule has 3 aromatic rings. The fraction of sp³-hybridized carbons (Fsp3) is 0.0909. The molecule has 3 N–H and O–H groups in total. The maximum atomic E-state index is 5.88. The molecule has 0 bridgehead atoms. The fourth-order valence-electron chi connectivity index (χ4n) is 1.89. The number of aromatic amines is 1. The number of nitrogens with two attached hydrogens (primary N) is 1. The predicted molar refractivity (Wildman–Crippen MR) is 62.7 cm³/mol. The Morgan fingerprint density at radius 1 is 1.38 bits per heavy atom. The topological polar surface area (TPSA) is 72.5 Å². The monoisotopic (exact) mass is 213 g/mol. The van der Waals surface area contributed by atoms with E-state index < -0.39 is 0 Å². The number of H-pyrrole nitrogens is 1. The number of hydrogen-bond donors (Lipinski definition) is 2. The van der Waals surface area contributed by atoms with Gasteiger partial charge < -0.3 is 10.7 Å². The highest BCUT2D eigenvalue weighted by molar-refractivity contribution is 5.83. The summed E-state index contributed by atoms with van der Waals surface area (Å²) in [6.45, 7) is 0. The number of nitrogen functional groups attached to an aromatic ring is 1. The van der Waals surface area contributed by atoms with Crippen molar-refractivity contribution in [1.29, 1.82) is 0 Å². The molecule has 80 valence electrons. The van der Waals surface area contributed by atoms with Crippen molar-refractivity contribution in [3.8, 4) is 11.3 Å². The van der Waals surface area contributed by atoms with E-state index in [-0.39, 0.29) is 0 Å². The zero-order valence-corrected chi connectivity index (χ0v) is 8.81. The second-order valence-corrected chi connectivity index (χ2v) is 3.71. The van der Waals surface area contributed by atoms with Crippen molar-refractivity contribution in [2.45, 2.75) is 0 Å². The maximum absolute atomic E-state index is 5.88. The predicted octanol–water partition coefficient (Wildman–Crippen LogP) is 1.55. The lowest BCUT2D eigenvalue weighted by Crippen LogP contribution is -1.95. The lowest BCUT2D eigenvalue weighted by Gasteiger charge is -2.03. The number of rotatable bonds is 1. The van der Waals surface area contributed by atoms with Crippen LogP contribution in [0.3, 0.4) is 0 Å². The molecule has 0 unspecified atom stereocenters. The average molecular weight is 213 g/mol. The van der Waals surface area contributed by atoms with Gasteiger partial charge in [-0.25, -0.2) is 4.98 Å². The van der Waals surface area contributed by atoms with Gasteiger partial charge in [0.15, 0.2) is 0 Å². The van der Waals surface area contributed by atoms with Gasteiger partial charge in [-0.3, -0.25) is 4.68 Å². The molecule has 2 heterocycles. The van der Waals surface area contributed by atoms with E-state index in [4.69, 9.17) is 5.73 Å². The highest BCUT2D eigenvalue weighted by Gasteiger charge is 2.09. The summed E-state index contributed by atoms with van der Waals surface area (Å²) in [6, 6.07) is 5.99. The molecule has 0 radical (unpaired) electrons.